The van der Waals surface area contributed by atoms with Crippen LogP contribution in [0.1, 0.15) is 52.0 Å². The Bertz CT molecular complexity index is 658. The van der Waals surface area contributed by atoms with Crippen LogP contribution in [0.15, 0.2) is 42.5 Å². The second kappa shape index (κ2) is 5.72. The molecule has 0 spiro atoms. The molecule has 2 heteroatoms. The summed E-state index contributed by atoms with van der Waals surface area (Å²) < 4.78 is 0. The zero-order chi connectivity index (χ0) is 14.8. The van der Waals surface area contributed by atoms with Gasteiger partial charge in [-0.2, -0.15) is 0 Å². The van der Waals surface area contributed by atoms with Crippen LogP contribution in [0.25, 0.3) is 0 Å². The van der Waals surface area contributed by atoms with Crippen LogP contribution in [0.4, 0.5) is 0 Å². The fourth-order valence-corrected chi connectivity index (χ4v) is 2.93. The fourth-order valence-electron chi connectivity index (χ4n) is 2.93. The summed E-state index contributed by atoms with van der Waals surface area (Å²) in [5, 5.41) is 3.08. The molecular weight excluding hydrogens is 258 g/mol. The highest BCUT2D eigenvalue weighted by Gasteiger charge is 2.15. The SMILES string of the molecule is Cc1ccc(C(=O)NC(C)c2ccc3c(c2)CCC3)cc1. The second-order valence-electron chi connectivity index (χ2n) is 5.94. The molecular formula is C19H21NO. The summed E-state index contributed by atoms with van der Waals surface area (Å²) in [6, 6.07) is 14.3. The number of aryl methyl sites for hydroxylation is 3. The van der Waals surface area contributed by atoms with Crippen molar-refractivity contribution in [3.8, 4) is 0 Å². The van der Waals surface area contributed by atoms with Crippen molar-refractivity contribution in [3.05, 3.63) is 70.3 Å². The summed E-state index contributed by atoms with van der Waals surface area (Å²) in [5.74, 6) is -0.0111. The number of amides is 1. The topological polar surface area (TPSA) is 29.1 Å². The Morgan fingerprint density at radius 2 is 1.76 bits per heavy atom. The number of hydrogen-bond acceptors (Lipinski definition) is 1. The molecule has 1 atom stereocenters. The molecule has 21 heavy (non-hydrogen) atoms. The largest absolute Gasteiger partial charge is 0.346 e. The molecule has 1 N–H and O–H groups in total. The molecule has 2 aromatic rings. The van der Waals surface area contributed by atoms with E-state index in [1.54, 1.807) is 0 Å². The Labute approximate surface area is 126 Å². The number of nitrogens with one attached hydrogen (secondary N) is 1. The van der Waals surface area contributed by atoms with E-state index in [0.717, 1.165) is 0 Å². The van der Waals surface area contributed by atoms with Crippen LogP contribution in [0, 0.1) is 6.92 Å². The molecule has 1 amide bonds. The summed E-state index contributed by atoms with van der Waals surface area (Å²) in [5.41, 5.74) is 5.99. The van der Waals surface area contributed by atoms with Crippen molar-refractivity contribution in [2.24, 2.45) is 0 Å². The molecule has 2 nitrogen and oxygen atoms in total. The molecule has 0 saturated heterocycles. The van der Waals surface area contributed by atoms with Crippen LogP contribution in [-0.2, 0) is 12.8 Å². The zero-order valence-electron chi connectivity index (χ0n) is 12.6. The van der Waals surface area contributed by atoms with Gasteiger partial charge in [-0.1, -0.05) is 35.9 Å². The van der Waals surface area contributed by atoms with Crippen molar-refractivity contribution in [2.75, 3.05) is 0 Å². The zero-order valence-corrected chi connectivity index (χ0v) is 12.6. The minimum atomic E-state index is -0.0111. The molecule has 108 valence electrons. The van der Waals surface area contributed by atoms with E-state index >= 15 is 0 Å². The third kappa shape index (κ3) is 2.99. The minimum absolute atomic E-state index is 0.0111. The number of benzene rings is 2. The van der Waals surface area contributed by atoms with Gasteiger partial charge in [-0.25, -0.2) is 0 Å². The lowest BCUT2D eigenvalue weighted by Crippen LogP contribution is -2.26. The van der Waals surface area contributed by atoms with Gasteiger partial charge in [-0.05, 0) is 61.9 Å². The first-order valence-corrected chi connectivity index (χ1v) is 7.63. The molecule has 0 heterocycles. The Hall–Kier alpha value is -2.09. The summed E-state index contributed by atoms with van der Waals surface area (Å²) in [7, 11) is 0. The van der Waals surface area contributed by atoms with Crippen molar-refractivity contribution in [1.29, 1.82) is 0 Å². The molecule has 2 aromatic carbocycles. The molecule has 0 saturated carbocycles. The van der Waals surface area contributed by atoms with Crippen LogP contribution in [0.5, 0.6) is 0 Å². The van der Waals surface area contributed by atoms with E-state index < -0.39 is 0 Å². The van der Waals surface area contributed by atoms with Crippen LogP contribution in [0.3, 0.4) is 0 Å². The lowest BCUT2D eigenvalue weighted by Gasteiger charge is -2.16. The molecule has 1 unspecified atom stereocenters. The van der Waals surface area contributed by atoms with E-state index in [1.807, 2.05) is 38.1 Å². The Morgan fingerprint density at radius 3 is 2.52 bits per heavy atom. The molecule has 0 fully saturated rings. The Balaban J connectivity index is 1.72. The predicted octanol–water partition coefficient (Wildman–Crippen LogP) is 3.97. The first-order valence-electron chi connectivity index (χ1n) is 7.63. The van der Waals surface area contributed by atoms with E-state index in [2.05, 4.69) is 23.5 Å². The van der Waals surface area contributed by atoms with Crippen LogP contribution < -0.4 is 5.32 Å². The highest BCUT2D eigenvalue weighted by atomic mass is 16.1. The maximum atomic E-state index is 12.3. The van der Waals surface area contributed by atoms with Gasteiger partial charge in [0.1, 0.15) is 0 Å². The van der Waals surface area contributed by atoms with Gasteiger partial charge in [0.05, 0.1) is 6.04 Å². The summed E-state index contributed by atoms with van der Waals surface area (Å²) in [6.07, 6.45) is 3.62. The lowest BCUT2D eigenvalue weighted by molar-refractivity contribution is 0.0940. The number of hydrogen-bond donors (Lipinski definition) is 1. The number of fused-ring (bicyclic) bond motifs is 1. The van der Waals surface area contributed by atoms with E-state index in [-0.39, 0.29) is 11.9 Å². The summed E-state index contributed by atoms with van der Waals surface area (Å²) in [6.45, 7) is 4.07. The van der Waals surface area contributed by atoms with Gasteiger partial charge < -0.3 is 5.32 Å². The monoisotopic (exact) mass is 279 g/mol. The quantitative estimate of drug-likeness (QED) is 0.905. The molecule has 0 radical (unpaired) electrons. The van der Waals surface area contributed by atoms with Gasteiger partial charge in [0, 0.05) is 5.56 Å². The first kappa shape index (κ1) is 13.9. The smallest absolute Gasteiger partial charge is 0.251 e. The van der Waals surface area contributed by atoms with Crippen LogP contribution in [0.2, 0.25) is 0 Å². The number of carbonyl (C=O) groups excluding carboxylic acids is 1. The third-order valence-corrected chi connectivity index (χ3v) is 4.28. The molecule has 3 rings (SSSR count). The van der Waals surface area contributed by atoms with Crippen molar-refractivity contribution in [1.82, 2.24) is 5.32 Å². The van der Waals surface area contributed by atoms with Gasteiger partial charge in [-0.15, -0.1) is 0 Å². The average molecular weight is 279 g/mol. The van der Waals surface area contributed by atoms with Gasteiger partial charge in [-0.3, -0.25) is 4.79 Å². The maximum absolute atomic E-state index is 12.3. The number of carbonyl (C=O) groups is 1. The molecule has 1 aliphatic rings. The normalized spacial score (nSPS) is 14.6. The van der Waals surface area contributed by atoms with Crippen molar-refractivity contribution in [3.63, 3.8) is 0 Å². The van der Waals surface area contributed by atoms with E-state index in [9.17, 15) is 4.79 Å². The van der Waals surface area contributed by atoms with Gasteiger partial charge >= 0.3 is 0 Å². The standard InChI is InChI=1S/C19H21NO/c1-13-6-8-16(9-7-13)19(21)20-14(2)17-11-10-15-4-3-5-18(15)12-17/h6-12,14H,3-5H2,1-2H3,(H,20,21). The number of rotatable bonds is 3. The summed E-state index contributed by atoms with van der Waals surface area (Å²) in [4.78, 5) is 12.3. The highest BCUT2D eigenvalue weighted by molar-refractivity contribution is 5.94. The summed E-state index contributed by atoms with van der Waals surface area (Å²) >= 11 is 0. The van der Waals surface area contributed by atoms with Gasteiger partial charge in [0.15, 0.2) is 0 Å². The van der Waals surface area contributed by atoms with Crippen molar-refractivity contribution >= 4 is 5.91 Å². The first-order chi connectivity index (χ1) is 10.1. The minimum Gasteiger partial charge on any atom is -0.346 e. The van der Waals surface area contributed by atoms with E-state index in [1.165, 1.54) is 41.5 Å². The van der Waals surface area contributed by atoms with Crippen molar-refractivity contribution in [2.45, 2.75) is 39.2 Å². The van der Waals surface area contributed by atoms with E-state index in [4.69, 9.17) is 0 Å². The molecule has 0 aliphatic heterocycles. The second-order valence-corrected chi connectivity index (χ2v) is 5.94. The Kier molecular flexibility index (Phi) is 3.78. The third-order valence-electron chi connectivity index (χ3n) is 4.28. The highest BCUT2D eigenvalue weighted by Crippen LogP contribution is 2.25. The van der Waals surface area contributed by atoms with Crippen molar-refractivity contribution < 1.29 is 4.79 Å². The Morgan fingerprint density at radius 1 is 1.05 bits per heavy atom. The fraction of sp³-hybridized carbons (Fsp3) is 0.316. The predicted molar refractivity (Wildman–Crippen MR) is 85.5 cm³/mol. The lowest BCUT2D eigenvalue weighted by atomic mass is 10.0. The van der Waals surface area contributed by atoms with Gasteiger partial charge in [0.25, 0.3) is 5.91 Å². The van der Waals surface area contributed by atoms with Crippen LogP contribution in [-0.4, -0.2) is 5.91 Å². The maximum Gasteiger partial charge on any atom is 0.251 e. The van der Waals surface area contributed by atoms with Gasteiger partial charge in [0.2, 0.25) is 0 Å². The molecule has 0 bridgehead atoms. The average Bonchev–Trinajstić information content (AvgIpc) is 2.95. The van der Waals surface area contributed by atoms with Crippen LogP contribution >= 0.6 is 0 Å². The van der Waals surface area contributed by atoms with E-state index in [0.29, 0.717) is 5.56 Å². The molecule has 1 aliphatic carbocycles. The molecule has 0 aromatic heterocycles.